The number of amides is 2. The Bertz CT molecular complexity index is 1660. The molecule has 0 saturated heterocycles. The number of hydrogen-bond acceptors (Lipinski definition) is 7. The fourth-order valence-corrected chi connectivity index (χ4v) is 4.66. The summed E-state index contributed by atoms with van der Waals surface area (Å²) in [4.78, 5) is 32.5. The molecule has 0 aliphatic heterocycles. The van der Waals surface area contributed by atoms with Crippen molar-refractivity contribution < 1.29 is 32.6 Å². The molecule has 1 aliphatic carbocycles. The number of methoxy groups -OCH3 is 1. The van der Waals surface area contributed by atoms with Crippen LogP contribution in [-0.2, 0) is 9.59 Å². The summed E-state index contributed by atoms with van der Waals surface area (Å²) in [5, 5.41) is 5.89. The molecule has 1 aromatic heterocycles. The van der Waals surface area contributed by atoms with Crippen LogP contribution in [0.5, 0.6) is 23.0 Å². The summed E-state index contributed by atoms with van der Waals surface area (Å²) in [6.07, 6.45) is 3.07. The second kappa shape index (κ2) is 13.3. The van der Waals surface area contributed by atoms with Gasteiger partial charge < -0.3 is 29.7 Å². The minimum Gasteiger partial charge on any atom is -0.493 e. The highest BCUT2D eigenvalue weighted by atomic mass is 19.1. The summed E-state index contributed by atoms with van der Waals surface area (Å²) in [5.41, 5.74) is -0.142. The van der Waals surface area contributed by atoms with Crippen LogP contribution in [0.25, 0.3) is 10.9 Å². The lowest BCUT2D eigenvalue weighted by atomic mass is 10.0. The number of nitrogens with zero attached hydrogens (tertiary/aromatic N) is 2. The Balaban J connectivity index is 1.28. The Morgan fingerprint density at radius 1 is 0.909 bits per heavy atom. The standard InChI is InChI=1S/C33H34F2N4O5/c1-4-39(2)16-5-17-43-30-19-24-26(20-29(30)42-3)36-15-12-27(24)44-28-11-10-23(18-25(28)35)38-32(41)33(13-14-33)31(40)37-22-8-6-21(34)7-9-22/h6-12,15,18-20H,4-5,13-14,16-17H2,1-3H3,(H,37,40)(H,38,41). The number of rotatable bonds is 13. The van der Waals surface area contributed by atoms with Crippen LogP contribution in [-0.4, -0.2) is 55.6 Å². The Morgan fingerprint density at radius 2 is 1.61 bits per heavy atom. The van der Waals surface area contributed by atoms with Crippen LogP contribution in [0.3, 0.4) is 0 Å². The van der Waals surface area contributed by atoms with Gasteiger partial charge in [-0.2, -0.15) is 0 Å². The highest BCUT2D eigenvalue weighted by Crippen LogP contribution is 2.47. The summed E-state index contributed by atoms with van der Waals surface area (Å²) in [7, 11) is 3.60. The lowest BCUT2D eigenvalue weighted by molar-refractivity contribution is -0.131. The number of nitrogens with one attached hydrogen (secondary N) is 2. The normalized spacial score (nSPS) is 13.4. The van der Waals surface area contributed by atoms with Crippen LogP contribution in [0.15, 0.2) is 66.9 Å². The summed E-state index contributed by atoms with van der Waals surface area (Å²) in [5.74, 6) is -0.852. The maximum atomic E-state index is 15.2. The molecule has 3 aromatic carbocycles. The fourth-order valence-electron chi connectivity index (χ4n) is 4.66. The second-order valence-corrected chi connectivity index (χ2v) is 10.7. The predicted molar refractivity (Wildman–Crippen MR) is 163 cm³/mol. The van der Waals surface area contributed by atoms with Gasteiger partial charge in [0.15, 0.2) is 23.1 Å². The summed E-state index contributed by atoms with van der Waals surface area (Å²) in [6, 6.07) is 14.4. The summed E-state index contributed by atoms with van der Waals surface area (Å²) < 4.78 is 45.9. The van der Waals surface area contributed by atoms with Gasteiger partial charge in [-0.05, 0) is 81.4 Å². The molecule has 0 atom stereocenters. The number of aromatic nitrogens is 1. The first kappa shape index (κ1) is 30.7. The van der Waals surface area contributed by atoms with Gasteiger partial charge in [-0.25, -0.2) is 8.78 Å². The highest BCUT2D eigenvalue weighted by Gasteiger charge is 2.56. The van der Waals surface area contributed by atoms with Gasteiger partial charge >= 0.3 is 0 Å². The van der Waals surface area contributed by atoms with E-state index < -0.39 is 28.9 Å². The Hall–Kier alpha value is -4.77. The molecular weight excluding hydrogens is 570 g/mol. The number of hydrogen-bond donors (Lipinski definition) is 2. The van der Waals surface area contributed by atoms with Gasteiger partial charge in [-0.1, -0.05) is 6.92 Å². The summed E-state index contributed by atoms with van der Waals surface area (Å²) in [6.45, 7) is 4.42. The molecule has 44 heavy (non-hydrogen) atoms. The Labute approximate surface area is 254 Å². The number of ether oxygens (including phenoxy) is 3. The second-order valence-electron chi connectivity index (χ2n) is 10.7. The zero-order chi connectivity index (χ0) is 31.3. The van der Waals surface area contributed by atoms with Crippen LogP contribution in [0.2, 0.25) is 0 Å². The number of halogens is 2. The maximum Gasteiger partial charge on any atom is 0.240 e. The maximum absolute atomic E-state index is 15.2. The quantitative estimate of drug-likeness (QED) is 0.135. The molecule has 0 spiro atoms. The first-order valence-corrected chi connectivity index (χ1v) is 14.4. The minimum atomic E-state index is -1.28. The monoisotopic (exact) mass is 604 g/mol. The van der Waals surface area contributed by atoms with E-state index in [1.807, 2.05) is 7.05 Å². The van der Waals surface area contributed by atoms with Gasteiger partial charge in [0.1, 0.15) is 17.0 Å². The third kappa shape index (κ3) is 6.89. The van der Waals surface area contributed by atoms with Crippen molar-refractivity contribution in [3.63, 3.8) is 0 Å². The van der Waals surface area contributed by atoms with E-state index in [2.05, 4.69) is 27.4 Å². The van der Waals surface area contributed by atoms with E-state index in [1.165, 1.54) is 36.4 Å². The lowest BCUT2D eigenvalue weighted by Gasteiger charge is -2.17. The van der Waals surface area contributed by atoms with E-state index in [9.17, 15) is 14.0 Å². The molecule has 0 radical (unpaired) electrons. The molecule has 1 aliphatic rings. The molecule has 4 aromatic rings. The number of benzene rings is 3. The van der Waals surface area contributed by atoms with E-state index >= 15 is 4.39 Å². The molecule has 0 bridgehead atoms. The molecule has 2 amide bonds. The Kier molecular flexibility index (Phi) is 9.24. The average molecular weight is 605 g/mol. The lowest BCUT2D eigenvalue weighted by Crippen LogP contribution is -2.35. The van der Waals surface area contributed by atoms with Crippen molar-refractivity contribution in [3.8, 4) is 23.0 Å². The summed E-state index contributed by atoms with van der Waals surface area (Å²) >= 11 is 0. The van der Waals surface area contributed by atoms with Gasteiger partial charge in [-0.15, -0.1) is 0 Å². The number of carbonyl (C=O) groups excluding carboxylic acids is 2. The van der Waals surface area contributed by atoms with E-state index in [1.54, 1.807) is 31.5 Å². The van der Waals surface area contributed by atoms with Crippen molar-refractivity contribution in [1.82, 2.24) is 9.88 Å². The number of pyridine rings is 1. The highest BCUT2D eigenvalue weighted by molar-refractivity contribution is 6.16. The van der Waals surface area contributed by atoms with Crippen molar-refractivity contribution in [2.75, 3.05) is 44.5 Å². The van der Waals surface area contributed by atoms with Gasteiger partial charge in [0.25, 0.3) is 0 Å². The Morgan fingerprint density at radius 3 is 2.27 bits per heavy atom. The minimum absolute atomic E-state index is 0.0634. The fraction of sp³-hybridized carbons (Fsp3) is 0.303. The van der Waals surface area contributed by atoms with Crippen molar-refractivity contribution in [2.24, 2.45) is 5.41 Å². The topological polar surface area (TPSA) is 102 Å². The van der Waals surface area contributed by atoms with E-state index in [4.69, 9.17) is 14.2 Å². The van der Waals surface area contributed by atoms with Crippen LogP contribution in [0, 0.1) is 17.0 Å². The van der Waals surface area contributed by atoms with Crippen LogP contribution in [0.1, 0.15) is 26.2 Å². The number of carbonyl (C=O) groups is 2. The molecule has 1 heterocycles. The van der Waals surface area contributed by atoms with Gasteiger partial charge in [0.05, 0.1) is 19.2 Å². The van der Waals surface area contributed by atoms with Crippen LogP contribution in [0.4, 0.5) is 20.2 Å². The first-order chi connectivity index (χ1) is 21.2. The van der Waals surface area contributed by atoms with E-state index in [0.717, 1.165) is 25.6 Å². The molecular formula is C33H34F2N4O5. The van der Waals surface area contributed by atoms with Gasteiger partial charge in [-0.3, -0.25) is 14.6 Å². The largest absolute Gasteiger partial charge is 0.493 e. The van der Waals surface area contributed by atoms with Crippen LogP contribution < -0.4 is 24.8 Å². The SMILES string of the molecule is CCN(C)CCCOc1cc2c(Oc3ccc(NC(=O)C4(C(=O)Nc5ccc(F)cc5)CC4)cc3F)ccnc2cc1OC. The predicted octanol–water partition coefficient (Wildman–Crippen LogP) is 6.39. The van der Waals surface area contributed by atoms with E-state index in [-0.39, 0.29) is 11.4 Å². The third-order valence-corrected chi connectivity index (χ3v) is 7.60. The third-order valence-electron chi connectivity index (χ3n) is 7.60. The molecule has 2 N–H and O–H groups in total. The molecule has 230 valence electrons. The van der Waals surface area contributed by atoms with E-state index in [0.29, 0.717) is 53.3 Å². The molecule has 1 saturated carbocycles. The molecule has 9 nitrogen and oxygen atoms in total. The molecule has 0 unspecified atom stereocenters. The molecule has 5 rings (SSSR count). The zero-order valence-electron chi connectivity index (χ0n) is 24.8. The molecule has 11 heteroatoms. The molecule has 1 fully saturated rings. The van der Waals surface area contributed by atoms with Crippen LogP contribution >= 0.6 is 0 Å². The number of anilines is 2. The zero-order valence-corrected chi connectivity index (χ0v) is 24.8. The van der Waals surface area contributed by atoms with Gasteiger partial charge in [0, 0.05) is 41.6 Å². The van der Waals surface area contributed by atoms with Crippen molar-refractivity contribution >= 4 is 34.1 Å². The van der Waals surface area contributed by atoms with Gasteiger partial charge in [0.2, 0.25) is 11.8 Å². The van der Waals surface area contributed by atoms with Crippen molar-refractivity contribution in [2.45, 2.75) is 26.2 Å². The first-order valence-electron chi connectivity index (χ1n) is 14.4. The smallest absolute Gasteiger partial charge is 0.240 e. The van der Waals surface area contributed by atoms with Crippen molar-refractivity contribution in [1.29, 1.82) is 0 Å². The average Bonchev–Trinajstić information content (AvgIpc) is 3.84. The number of fused-ring (bicyclic) bond motifs is 1. The van der Waals surface area contributed by atoms with Crippen molar-refractivity contribution in [3.05, 3.63) is 78.5 Å².